The number of aryl methyl sites for hydroxylation is 1. The molecule has 0 radical (unpaired) electrons. The minimum absolute atomic E-state index is 0.311. The van der Waals surface area contributed by atoms with Crippen LogP contribution in [0.5, 0.6) is 5.75 Å². The number of pyridine rings is 1. The highest BCUT2D eigenvalue weighted by atomic mass is 16.6. The van der Waals surface area contributed by atoms with E-state index in [-0.39, 0.29) is 0 Å². The number of hydrogen-bond donors (Lipinski definition) is 0. The standard InChI is InChI=1S/C18H16N2O3/c1-22-16-5-3-2-4-14(16)6-7-17-20-15(18(21)23-17)12-13-8-10-19-11-9-13/h2-5,8-12H,6-7H2,1H3/b15-12+. The molecule has 2 heterocycles. The van der Waals surface area contributed by atoms with Crippen LogP contribution in [-0.2, 0) is 16.0 Å². The second-order valence-corrected chi connectivity index (χ2v) is 5.02. The van der Waals surface area contributed by atoms with Crippen LogP contribution >= 0.6 is 0 Å². The number of cyclic esters (lactones) is 1. The van der Waals surface area contributed by atoms with E-state index in [1.807, 2.05) is 36.4 Å². The van der Waals surface area contributed by atoms with E-state index in [0.29, 0.717) is 24.4 Å². The van der Waals surface area contributed by atoms with Crippen molar-refractivity contribution in [3.63, 3.8) is 0 Å². The van der Waals surface area contributed by atoms with Gasteiger partial charge in [-0.05, 0) is 41.8 Å². The number of para-hydroxylation sites is 1. The van der Waals surface area contributed by atoms with Crippen LogP contribution in [0.1, 0.15) is 17.5 Å². The fraction of sp³-hybridized carbons (Fsp3) is 0.167. The SMILES string of the molecule is COc1ccccc1CCC1=N/C(=C/c2ccncc2)C(=O)O1. The number of aliphatic imine (C=N–C) groups is 1. The third-order valence-corrected chi connectivity index (χ3v) is 3.48. The fourth-order valence-electron chi connectivity index (χ4n) is 2.33. The van der Waals surface area contributed by atoms with Gasteiger partial charge in [0.05, 0.1) is 7.11 Å². The molecule has 0 fully saturated rings. The second kappa shape index (κ2) is 6.87. The summed E-state index contributed by atoms with van der Waals surface area (Å²) >= 11 is 0. The van der Waals surface area contributed by atoms with Crippen molar-refractivity contribution in [2.24, 2.45) is 4.99 Å². The highest BCUT2D eigenvalue weighted by molar-refractivity contribution is 6.07. The van der Waals surface area contributed by atoms with E-state index in [0.717, 1.165) is 16.9 Å². The van der Waals surface area contributed by atoms with Gasteiger partial charge in [-0.1, -0.05) is 18.2 Å². The van der Waals surface area contributed by atoms with Crippen molar-refractivity contribution in [1.29, 1.82) is 0 Å². The Hall–Kier alpha value is -2.95. The van der Waals surface area contributed by atoms with Crippen molar-refractivity contribution < 1.29 is 14.3 Å². The lowest BCUT2D eigenvalue weighted by Crippen LogP contribution is -2.05. The average molecular weight is 308 g/mol. The number of methoxy groups -OCH3 is 1. The summed E-state index contributed by atoms with van der Waals surface area (Å²) in [5, 5.41) is 0. The molecule has 0 aliphatic carbocycles. The number of benzene rings is 1. The summed E-state index contributed by atoms with van der Waals surface area (Å²) in [6.45, 7) is 0. The zero-order valence-corrected chi connectivity index (χ0v) is 12.7. The molecule has 1 aliphatic heterocycles. The monoisotopic (exact) mass is 308 g/mol. The van der Waals surface area contributed by atoms with Gasteiger partial charge in [0.15, 0.2) is 11.6 Å². The van der Waals surface area contributed by atoms with Crippen LogP contribution in [0.4, 0.5) is 0 Å². The summed E-state index contributed by atoms with van der Waals surface area (Å²) in [6, 6.07) is 11.4. The molecule has 2 aromatic rings. The van der Waals surface area contributed by atoms with Crippen LogP contribution in [0.3, 0.4) is 0 Å². The molecule has 0 amide bonds. The summed E-state index contributed by atoms with van der Waals surface area (Å²) in [6.07, 6.45) is 6.26. The van der Waals surface area contributed by atoms with Gasteiger partial charge in [-0.25, -0.2) is 9.79 Å². The zero-order valence-electron chi connectivity index (χ0n) is 12.7. The van der Waals surface area contributed by atoms with E-state index >= 15 is 0 Å². The molecule has 5 nitrogen and oxygen atoms in total. The van der Waals surface area contributed by atoms with Gasteiger partial charge in [0.25, 0.3) is 0 Å². The molecule has 23 heavy (non-hydrogen) atoms. The van der Waals surface area contributed by atoms with Crippen molar-refractivity contribution in [2.45, 2.75) is 12.8 Å². The normalized spacial score (nSPS) is 15.4. The highest BCUT2D eigenvalue weighted by Crippen LogP contribution is 2.21. The van der Waals surface area contributed by atoms with Crippen LogP contribution in [0.25, 0.3) is 6.08 Å². The third-order valence-electron chi connectivity index (χ3n) is 3.48. The molecule has 1 aromatic carbocycles. The predicted molar refractivity (Wildman–Crippen MR) is 87.1 cm³/mol. The van der Waals surface area contributed by atoms with E-state index in [2.05, 4.69) is 9.98 Å². The zero-order chi connectivity index (χ0) is 16.1. The number of rotatable bonds is 5. The molecule has 0 N–H and O–H groups in total. The van der Waals surface area contributed by atoms with E-state index in [4.69, 9.17) is 9.47 Å². The first-order valence-corrected chi connectivity index (χ1v) is 7.29. The third kappa shape index (κ3) is 3.63. The lowest BCUT2D eigenvalue weighted by atomic mass is 10.1. The Morgan fingerprint density at radius 2 is 1.91 bits per heavy atom. The van der Waals surface area contributed by atoms with Gasteiger partial charge in [0.2, 0.25) is 0 Å². The Morgan fingerprint density at radius 1 is 1.13 bits per heavy atom. The number of ether oxygens (including phenoxy) is 2. The summed E-state index contributed by atoms with van der Waals surface area (Å²) in [5.74, 6) is 0.836. The lowest BCUT2D eigenvalue weighted by molar-refractivity contribution is -0.130. The molecule has 0 bridgehead atoms. The maximum Gasteiger partial charge on any atom is 0.363 e. The predicted octanol–water partition coefficient (Wildman–Crippen LogP) is 3.02. The molecule has 0 saturated carbocycles. The van der Waals surface area contributed by atoms with Gasteiger partial charge >= 0.3 is 5.97 Å². The Bertz CT molecular complexity index is 767. The Morgan fingerprint density at radius 3 is 2.70 bits per heavy atom. The molecular weight excluding hydrogens is 292 g/mol. The number of esters is 1. The maximum absolute atomic E-state index is 11.9. The van der Waals surface area contributed by atoms with Crippen LogP contribution in [0, 0.1) is 0 Å². The van der Waals surface area contributed by atoms with Crippen molar-refractivity contribution >= 4 is 17.9 Å². The first-order chi connectivity index (χ1) is 11.3. The minimum atomic E-state index is -0.420. The van der Waals surface area contributed by atoms with E-state index in [1.54, 1.807) is 25.6 Å². The summed E-state index contributed by atoms with van der Waals surface area (Å²) in [7, 11) is 1.64. The number of carbonyl (C=O) groups is 1. The van der Waals surface area contributed by atoms with Crippen LogP contribution in [0.2, 0.25) is 0 Å². The van der Waals surface area contributed by atoms with Gasteiger partial charge in [0, 0.05) is 18.8 Å². The molecule has 3 rings (SSSR count). The van der Waals surface area contributed by atoms with Crippen molar-refractivity contribution in [2.75, 3.05) is 7.11 Å². The van der Waals surface area contributed by atoms with Crippen LogP contribution in [-0.4, -0.2) is 24.0 Å². The molecule has 0 saturated heterocycles. The highest BCUT2D eigenvalue weighted by Gasteiger charge is 2.22. The smallest absolute Gasteiger partial charge is 0.363 e. The van der Waals surface area contributed by atoms with Crippen LogP contribution < -0.4 is 4.74 Å². The number of aromatic nitrogens is 1. The Kier molecular flexibility index (Phi) is 4.47. The van der Waals surface area contributed by atoms with E-state index in [9.17, 15) is 4.79 Å². The average Bonchev–Trinajstić information content (AvgIpc) is 2.94. The molecule has 5 heteroatoms. The van der Waals surface area contributed by atoms with Crippen molar-refractivity contribution in [3.8, 4) is 5.75 Å². The Balaban J connectivity index is 1.71. The number of nitrogens with zero attached hydrogens (tertiary/aromatic N) is 2. The fourth-order valence-corrected chi connectivity index (χ4v) is 2.33. The quantitative estimate of drug-likeness (QED) is 0.629. The maximum atomic E-state index is 11.9. The first-order valence-electron chi connectivity index (χ1n) is 7.29. The lowest BCUT2D eigenvalue weighted by Gasteiger charge is -2.07. The van der Waals surface area contributed by atoms with E-state index in [1.165, 1.54) is 0 Å². The molecular formula is C18H16N2O3. The molecule has 0 atom stereocenters. The summed E-state index contributed by atoms with van der Waals surface area (Å²) in [5.41, 5.74) is 2.23. The molecule has 116 valence electrons. The minimum Gasteiger partial charge on any atom is -0.496 e. The molecule has 0 spiro atoms. The van der Waals surface area contributed by atoms with Gasteiger partial charge in [-0.2, -0.15) is 0 Å². The van der Waals surface area contributed by atoms with Gasteiger partial charge in [0.1, 0.15) is 5.75 Å². The summed E-state index contributed by atoms with van der Waals surface area (Å²) < 4.78 is 10.5. The number of hydrogen-bond acceptors (Lipinski definition) is 5. The van der Waals surface area contributed by atoms with Crippen LogP contribution in [0.15, 0.2) is 59.5 Å². The topological polar surface area (TPSA) is 60.8 Å². The molecule has 0 unspecified atom stereocenters. The van der Waals surface area contributed by atoms with Gasteiger partial charge in [-0.3, -0.25) is 4.98 Å². The first kappa shape index (κ1) is 15.0. The largest absolute Gasteiger partial charge is 0.496 e. The summed E-state index contributed by atoms with van der Waals surface area (Å²) in [4.78, 5) is 20.1. The molecule has 1 aromatic heterocycles. The molecule has 1 aliphatic rings. The Labute approximate surface area is 134 Å². The van der Waals surface area contributed by atoms with Crippen molar-refractivity contribution in [1.82, 2.24) is 4.98 Å². The number of carbonyl (C=O) groups excluding carboxylic acids is 1. The second-order valence-electron chi connectivity index (χ2n) is 5.02. The van der Waals surface area contributed by atoms with Gasteiger partial charge in [-0.15, -0.1) is 0 Å². The van der Waals surface area contributed by atoms with Crippen molar-refractivity contribution in [3.05, 3.63) is 65.6 Å². The van der Waals surface area contributed by atoms with Gasteiger partial charge < -0.3 is 9.47 Å². The van der Waals surface area contributed by atoms with E-state index < -0.39 is 5.97 Å².